The van der Waals surface area contributed by atoms with Gasteiger partial charge >= 0.3 is 0 Å². The van der Waals surface area contributed by atoms with Crippen LogP contribution in [0.4, 0.5) is 0 Å². The van der Waals surface area contributed by atoms with Crippen molar-refractivity contribution in [3.8, 4) is 0 Å². The molecule has 1 heterocycles. The van der Waals surface area contributed by atoms with Crippen molar-refractivity contribution in [3.05, 3.63) is 0 Å². The minimum atomic E-state index is 0. The van der Waals surface area contributed by atoms with E-state index in [2.05, 4.69) is 17.1 Å². The largest absolute Gasteiger partial charge is 0.340 e. The molecule has 1 aliphatic carbocycles. The summed E-state index contributed by atoms with van der Waals surface area (Å²) >= 11 is 0. The Bertz CT molecular complexity index is 217. The zero-order chi connectivity index (χ0) is 9.97. The number of amides is 1. The first-order valence-electron chi connectivity index (χ1n) is 5.79. The van der Waals surface area contributed by atoms with E-state index in [-0.39, 0.29) is 12.4 Å². The Morgan fingerprint density at radius 3 is 2.60 bits per heavy atom. The molecule has 1 saturated heterocycles. The lowest BCUT2D eigenvalue weighted by molar-refractivity contribution is -0.136. The molecule has 3 nitrogen and oxygen atoms in total. The van der Waals surface area contributed by atoms with Crippen LogP contribution in [0.3, 0.4) is 0 Å². The van der Waals surface area contributed by atoms with Gasteiger partial charge in [-0.15, -0.1) is 12.4 Å². The third-order valence-electron chi connectivity index (χ3n) is 3.38. The molecule has 1 N–H and O–H groups in total. The highest BCUT2D eigenvalue weighted by Gasteiger charge is 2.29. The molecule has 1 aliphatic heterocycles. The zero-order valence-electron chi connectivity index (χ0n) is 9.37. The first-order valence-corrected chi connectivity index (χ1v) is 5.79. The van der Waals surface area contributed by atoms with Crippen molar-refractivity contribution in [3.63, 3.8) is 0 Å². The normalized spacial score (nSPS) is 27.5. The summed E-state index contributed by atoms with van der Waals surface area (Å²) < 4.78 is 0. The highest BCUT2D eigenvalue weighted by molar-refractivity contribution is 5.85. The van der Waals surface area contributed by atoms with Crippen LogP contribution >= 0.6 is 12.4 Å². The van der Waals surface area contributed by atoms with Crippen molar-refractivity contribution in [1.82, 2.24) is 10.2 Å². The van der Waals surface area contributed by atoms with E-state index in [1.54, 1.807) is 0 Å². The van der Waals surface area contributed by atoms with Gasteiger partial charge in [-0.25, -0.2) is 0 Å². The van der Waals surface area contributed by atoms with Crippen molar-refractivity contribution >= 4 is 18.3 Å². The molecule has 2 fully saturated rings. The van der Waals surface area contributed by atoms with Crippen molar-refractivity contribution < 1.29 is 4.79 Å². The van der Waals surface area contributed by atoms with E-state index < -0.39 is 0 Å². The van der Waals surface area contributed by atoms with E-state index in [0.29, 0.717) is 17.9 Å². The Labute approximate surface area is 98.0 Å². The monoisotopic (exact) mass is 232 g/mol. The Balaban J connectivity index is 0.00000112. The quantitative estimate of drug-likeness (QED) is 0.742. The Hall–Kier alpha value is -0.280. The van der Waals surface area contributed by atoms with Crippen LogP contribution in [-0.4, -0.2) is 36.5 Å². The standard InChI is InChI=1S/C11H20N2O.ClH/c1-9-8-13(7-6-12-9)11(14)10-4-2-3-5-10;/h9-10,12H,2-8H2,1H3;1H. The molecule has 88 valence electrons. The first-order chi connectivity index (χ1) is 6.77. The maximum absolute atomic E-state index is 12.0. The highest BCUT2D eigenvalue weighted by atomic mass is 35.5. The third kappa shape index (κ3) is 3.08. The predicted molar refractivity (Wildman–Crippen MR) is 63.3 cm³/mol. The summed E-state index contributed by atoms with van der Waals surface area (Å²) in [7, 11) is 0. The number of carbonyl (C=O) groups excluding carboxylic acids is 1. The lowest BCUT2D eigenvalue weighted by Gasteiger charge is -2.33. The molecule has 0 spiro atoms. The highest BCUT2D eigenvalue weighted by Crippen LogP contribution is 2.26. The minimum absolute atomic E-state index is 0. The fourth-order valence-corrected chi connectivity index (χ4v) is 2.56. The number of carbonyl (C=O) groups is 1. The topological polar surface area (TPSA) is 32.3 Å². The van der Waals surface area contributed by atoms with Crippen LogP contribution in [0, 0.1) is 5.92 Å². The van der Waals surface area contributed by atoms with E-state index >= 15 is 0 Å². The number of nitrogens with zero attached hydrogens (tertiary/aromatic N) is 1. The van der Waals surface area contributed by atoms with E-state index in [1.807, 2.05) is 0 Å². The molecule has 15 heavy (non-hydrogen) atoms. The van der Waals surface area contributed by atoms with Crippen LogP contribution in [0.5, 0.6) is 0 Å². The molecule has 0 radical (unpaired) electrons. The molecule has 1 amide bonds. The number of piperazine rings is 1. The molecule has 0 aromatic rings. The van der Waals surface area contributed by atoms with Crippen LogP contribution < -0.4 is 5.32 Å². The molecular formula is C11H21ClN2O. The summed E-state index contributed by atoms with van der Waals surface area (Å²) in [5, 5.41) is 3.36. The third-order valence-corrected chi connectivity index (χ3v) is 3.38. The van der Waals surface area contributed by atoms with Crippen LogP contribution in [0.2, 0.25) is 0 Å². The van der Waals surface area contributed by atoms with Crippen molar-refractivity contribution in [2.24, 2.45) is 5.92 Å². The van der Waals surface area contributed by atoms with Crippen LogP contribution in [0.15, 0.2) is 0 Å². The molecule has 1 saturated carbocycles. The predicted octanol–water partition coefficient (Wildman–Crippen LogP) is 1.42. The van der Waals surface area contributed by atoms with Crippen molar-refractivity contribution in [2.45, 2.75) is 38.6 Å². The van der Waals surface area contributed by atoms with Gasteiger partial charge in [0, 0.05) is 31.6 Å². The Kier molecular flexibility index (Phi) is 4.87. The van der Waals surface area contributed by atoms with Crippen LogP contribution in [0.1, 0.15) is 32.6 Å². The van der Waals surface area contributed by atoms with Gasteiger partial charge in [-0.05, 0) is 19.8 Å². The minimum Gasteiger partial charge on any atom is -0.340 e. The average molecular weight is 233 g/mol. The maximum Gasteiger partial charge on any atom is 0.225 e. The SMILES string of the molecule is CC1CN(C(=O)C2CCCC2)CCN1.Cl. The lowest BCUT2D eigenvalue weighted by Crippen LogP contribution is -2.52. The van der Waals surface area contributed by atoms with Gasteiger partial charge in [0.15, 0.2) is 0 Å². The van der Waals surface area contributed by atoms with Gasteiger partial charge in [0.25, 0.3) is 0 Å². The number of rotatable bonds is 1. The number of halogens is 1. The lowest BCUT2D eigenvalue weighted by atomic mass is 10.1. The van der Waals surface area contributed by atoms with Gasteiger partial charge in [0.2, 0.25) is 5.91 Å². The number of nitrogens with one attached hydrogen (secondary N) is 1. The fraction of sp³-hybridized carbons (Fsp3) is 0.909. The Morgan fingerprint density at radius 2 is 2.00 bits per heavy atom. The second-order valence-corrected chi connectivity index (χ2v) is 4.62. The van der Waals surface area contributed by atoms with Gasteiger partial charge in [-0.2, -0.15) is 0 Å². The summed E-state index contributed by atoms with van der Waals surface area (Å²) in [6.07, 6.45) is 4.74. The second kappa shape index (κ2) is 5.71. The van der Waals surface area contributed by atoms with Crippen LogP contribution in [-0.2, 0) is 4.79 Å². The summed E-state index contributed by atoms with van der Waals surface area (Å²) in [6.45, 7) is 4.91. The summed E-state index contributed by atoms with van der Waals surface area (Å²) in [5.41, 5.74) is 0. The number of hydrogen-bond acceptors (Lipinski definition) is 2. The Morgan fingerprint density at radius 1 is 1.33 bits per heavy atom. The fourth-order valence-electron chi connectivity index (χ4n) is 2.56. The average Bonchev–Trinajstić information content (AvgIpc) is 2.69. The molecule has 1 atom stereocenters. The maximum atomic E-state index is 12.0. The molecule has 0 aromatic carbocycles. The summed E-state index contributed by atoms with van der Waals surface area (Å²) in [4.78, 5) is 14.1. The van der Waals surface area contributed by atoms with E-state index in [1.165, 1.54) is 12.8 Å². The van der Waals surface area contributed by atoms with Gasteiger partial charge in [-0.1, -0.05) is 12.8 Å². The molecule has 0 aromatic heterocycles. The van der Waals surface area contributed by atoms with Crippen molar-refractivity contribution in [2.75, 3.05) is 19.6 Å². The molecule has 2 rings (SSSR count). The van der Waals surface area contributed by atoms with E-state index in [0.717, 1.165) is 32.5 Å². The zero-order valence-corrected chi connectivity index (χ0v) is 10.2. The smallest absolute Gasteiger partial charge is 0.225 e. The summed E-state index contributed by atoms with van der Waals surface area (Å²) in [6, 6.07) is 0.467. The van der Waals surface area contributed by atoms with Gasteiger partial charge < -0.3 is 10.2 Å². The van der Waals surface area contributed by atoms with Gasteiger partial charge in [-0.3, -0.25) is 4.79 Å². The van der Waals surface area contributed by atoms with Crippen molar-refractivity contribution in [1.29, 1.82) is 0 Å². The van der Waals surface area contributed by atoms with Gasteiger partial charge in [0.1, 0.15) is 0 Å². The second-order valence-electron chi connectivity index (χ2n) is 4.62. The van der Waals surface area contributed by atoms with Crippen LogP contribution in [0.25, 0.3) is 0 Å². The molecule has 0 bridgehead atoms. The van der Waals surface area contributed by atoms with E-state index in [4.69, 9.17) is 0 Å². The van der Waals surface area contributed by atoms with Gasteiger partial charge in [0.05, 0.1) is 0 Å². The molecule has 4 heteroatoms. The summed E-state index contributed by atoms with van der Waals surface area (Å²) in [5.74, 6) is 0.760. The number of hydrogen-bond donors (Lipinski definition) is 1. The van der Waals surface area contributed by atoms with E-state index in [9.17, 15) is 4.79 Å². The first kappa shape index (κ1) is 12.8. The molecular weight excluding hydrogens is 212 g/mol. The molecule has 1 unspecified atom stereocenters. The molecule has 2 aliphatic rings.